The first-order valence-corrected chi connectivity index (χ1v) is 13.5. The van der Waals surface area contributed by atoms with E-state index in [1.165, 1.54) is 106 Å². The highest BCUT2D eigenvalue weighted by molar-refractivity contribution is 6.20. The summed E-state index contributed by atoms with van der Waals surface area (Å²) in [5.41, 5.74) is 7.94. The average Bonchev–Trinajstić information content (AvgIpc) is 3.38. The topological polar surface area (TPSA) is 9.86 Å². The van der Waals surface area contributed by atoms with Gasteiger partial charge in [0.25, 0.3) is 0 Å². The first-order valence-electron chi connectivity index (χ1n) is 13.5. The second kappa shape index (κ2) is 7.68. The van der Waals surface area contributed by atoms with Crippen LogP contribution < -0.4 is 0 Å². The minimum atomic E-state index is 0.663. The lowest BCUT2D eigenvalue weighted by Gasteiger charge is -2.28. The van der Waals surface area contributed by atoms with E-state index >= 15 is 0 Å². The second-order valence-corrected chi connectivity index (χ2v) is 10.8. The van der Waals surface area contributed by atoms with Crippen molar-refractivity contribution < 1.29 is 0 Å². The minimum absolute atomic E-state index is 0.663. The van der Waals surface area contributed by atoms with Crippen LogP contribution in [0.15, 0.2) is 36.4 Å². The lowest BCUT2D eigenvalue weighted by molar-refractivity contribution is 0.352. The maximum Gasteiger partial charge on any atom is 0.0589 e. The van der Waals surface area contributed by atoms with Crippen LogP contribution in [0.4, 0.5) is 0 Å². The van der Waals surface area contributed by atoms with E-state index in [1.807, 2.05) is 0 Å². The molecule has 2 heteroatoms. The van der Waals surface area contributed by atoms with Crippen molar-refractivity contribution >= 4 is 32.7 Å². The first kappa shape index (κ1) is 19.3. The summed E-state index contributed by atoms with van der Waals surface area (Å²) in [7, 11) is 0. The van der Waals surface area contributed by atoms with Crippen LogP contribution >= 0.6 is 0 Å². The number of hydrogen-bond donors (Lipinski definition) is 0. The van der Waals surface area contributed by atoms with Crippen molar-refractivity contribution in [2.45, 2.75) is 102 Å². The summed E-state index contributed by atoms with van der Waals surface area (Å²) in [6.45, 7) is 0. The molecule has 2 fully saturated rings. The highest BCUT2D eigenvalue weighted by Crippen LogP contribution is 2.45. The molecule has 3 aliphatic carbocycles. The molecule has 4 aromatic rings. The molecule has 0 bridgehead atoms. The van der Waals surface area contributed by atoms with Gasteiger partial charge in [0, 0.05) is 39.5 Å². The van der Waals surface area contributed by atoms with Gasteiger partial charge in [-0.25, -0.2) is 0 Å². The Morgan fingerprint density at radius 1 is 0.562 bits per heavy atom. The number of hydrogen-bond acceptors (Lipinski definition) is 0. The van der Waals surface area contributed by atoms with Gasteiger partial charge >= 0.3 is 0 Å². The van der Waals surface area contributed by atoms with Crippen molar-refractivity contribution in [3.8, 4) is 0 Å². The zero-order chi connectivity index (χ0) is 21.1. The molecule has 0 aliphatic heterocycles. The van der Waals surface area contributed by atoms with Gasteiger partial charge in [-0.1, -0.05) is 62.8 Å². The second-order valence-electron chi connectivity index (χ2n) is 10.8. The largest absolute Gasteiger partial charge is 0.341 e. The molecule has 0 N–H and O–H groups in total. The van der Waals surface area contributed by atoms with Gasteiger partial charge in [-0.3, -0.25) is 0 Å². The van der Waals surface area contributed by atoms with E-state index in [0.717, 1.165) is 0 Å². The molecule has 0 radical (unpaired) electrons. The number of aromatic nitrogens is 2. The lowest BCUT2D eigenvalue weighted by Crippen LogP contribution is -2.17. The van der Waals surface area contributed by atoms with Gasteiger partial charge in [-0.2, -0.15) is 0 Å². The molecule has 32 heavy (non-hydrogen) atoms. The number of rotatable bonds is 2. The number of nitrogens with zero attached hydrogens (tertiary/aromatic N) is 2. The molecule has 0 saturated heterocycles. The Morgan fingerprint density at radius 3 is 2.03 bits per heavy atom. The quantitative estimate of drug-likeness (QED) is 0.305. The Bertz CT molecular complexity index is 1290. The average molecular weight is 425 g/mol. The fourth-order valence-corrected chi connectivity index (χ4v) is 7.62. The Morgan fingerprint density at radius 2 is 1.25 bits per heavy atom. The van der Waals surface area contributed by atoms with Crippen molar-refractivity contribution in [1.29, 1.82) is 0 Å². The van der Waals surface area contributed by atoms with Gasteiger partial charge in [0.1, 0.15) is 0 Å². The number of para-hydroxylation sites is 1. The molecule has 3 aliphatic rings. The zero-order valence-corrected chi connectivity index (χ0v) is 19.4. The Labute approximate surface area is 191 Å². The van der Waals surface area contributed by atoms with Crippen LogP contribution in [-0.2, 0) is 12.8 Å². The van der Waals surface area contributed by atoms with Crippen LogP contribution in [0.25, 0.3) is 32.7 Å². The van der Waals surface area contributed by atoms with Gasteiger partial charge in [-0.05, 0) is 69.1 Å². The van der Waals surface area contributed by atoms with E-state index in [1.54, 1.807) is 27.5 Å². The van der Waals surface area contributed by atoms with Crippen molar-refractivity contribution in [3.63, 3.8) is 0 Å². The van der Waals surface area contributed by atoms with Crippen LogP contribution in [0.2, 0.25) is 0 Å². The number of benzene rings is 2. The fourth-order valence-electron chi connectivity index (χ4n) is 7.62. The van der Waals surface area contributed by atoms with Crippen LogP contribution in [0, 0.1) is 0 Å². The van der Waals surface area contributed by atoms with E-state index in [2.05, 4.69) is 45.5 Å². The third-order valence-corrected chi connectivity index (χ3v) is 9.02. The van der Waals surface area contributed by atoms with Gasteiger partial charge in [0.15, 0.2) is 0 Å². The summed E-state index contributed by atoms with van der Waals surface area (Å²) < 4.78 is 5.64. The van der Waals surface area contributed by atoms with E-state index in [-0.39, 0.29) is 0 Å². The van der Waals surface area contributed by atoms with E-state index in [9.17, 15) is 0 Å². The van der Waals surface area contributed by atoms with Crippen LogP contribution in [-0.4, -0.2) is 9.13 Å². The van der Waals surface area contributed by atoms with E-state index in [0.29, 0.717) is 12.1 Å². The van der Waals surface area contributed by atoms with Gasteiger partial charge in [0.2, 0.25) is 0 Å². The van der Waals surface area contributed by atoms with Crippen LogP contribution in [0.1, 0.15) is 100 Å². The molecule has 0 atom stereocenters. The normalized spacial score (nSPS) is 21.0. The van der Waals surface area contributed by atoms with Crippen molar-refractivity contribution in [2.75, 3.05) is 0 Å². The molecule has 2 saturated carbocycles. The highest BCUT2D eigenvalue weighted by atomic mass is 15.1. The molecular weight excluding hydrogens is 388 g/mol. The third kappa shape index (κ3) is 2.77. The Hall–Kier alpha value is -2.22. The first-order chi connectivity index (χ1) is 15.9. The van der Waals surface area contributed by atoms with E-state index in [4.69, 9.17) is 0 Å². The standard InChI is InChI=1S/C30H36N2/c1-3-11-21(12-4-1)31-27-18-10-8-16-25(27)29-28(31)20-19-24-23-15-7-9-17-26(23)32(30(24)29)22-13-5-2-6-14-22/h8,10,16,18-22H,1-7,9,11-15,17H2. The molecule has 2 aromatic heterocycles. The summed E-state index contributed by atoms with van der Waals surface area (Å²) in [5.74, 6) is 0. The SMILES string of the molecule is c1ccc2c(c1)c1c3c(ccc1n2C1CCCCC1)c1c(n3C2CCCCC2)CCCC1. The smallest absolute Gasteiger partial charge is 0.0589 e. The van der Waals surface area contributed by atoms with Gasteiger partial charge in [-0.15, -0.1) is 0 Å². The molecule has 0 unspecified atom stereocenters. The Balaban J connectivity index is 1.59. The van der Waals surface area contributed by atoms with Crippen LogP contribution in [0.5, 0.6) is 0 Å². The number of fused-ring (bicyclic) bond motifs is 7. The molecule has 2 heterocycles. The summed E-state index contributed by atoms with van der Waals surface area (Å²) >= 11 is 0. The summed E-state index contributed by atoms with van der Waals surface area (Å²) in [5, 5.41) is 4.62. The molecule has 0 amide bonds. The third-order valence-electron chi connectivity index (χ3n) is 9.02. The summed E-state index contributed by atoms with van der Waals surface area (Å²) in [6.07, 6.45) is 19.1. The maximum absolute atomic E-state index is 2.89. The molecule has 7 rings (SSSR count). The molecule has 166 valence electrons. The molecule has 2 aromatic carbocycles. The molecule has 2 nitrogen and oxygen atoms in total. The lowest BCUT2D eigenvalue weighted by atomic mass is 9.93. The summed E-state index contributed by atoms with van der Waals surface area (Å²) in [4.78, 5) is 0. The highest BCUT2D eigenvalue weighted by Gasteiger charge is 2.29. The monoisotopic (exact) mass is 424 g/mol. The van der Waals surface area contributed by atoms with Crippen LogP contribution in [0.3, 0.4) is 0 Å². The Kier molecular flexibility index (Phi) is 4.62. The fraction of sp³-hybridized carbons (Fsp3) is 0.533. The number of aryl methyl sites for hydroxylation is 1. The molecular formula is C30H36N2. The molecule has 0 spiro atoms. The predicted molar refractivity (Wildman–Crippen MR) is 136 cm³/mol. The van der Waals surface area contributed by atoms with Gasteiger partial charge < -0.3 is 9.13 Å². The minimum Gasteiger partial charge on any atom is -0.341 e. The van der Waals surface area contributed by atoms with E-state index < -0.39 is 0 Å². The van der Waals surface area contributed by atoms with Crippen molar-refractivity contribution in [2.24, 2.45) is 0 Å². The zero-order valence-electron chi connectivity index (χ0n) is 19.4. The maximum atomic E-state index is 2.89. The van der Waals surface area contributed by atoms with Crippen molar-refractivity contribution in [1.82, 2.24) is 9.13 Å². The van der Waals surface area contributed by atoms with Crippen molar-refractivity contribution in [3.05, 3.63) is 47.7 Å². The van der Waals surface area contributed by atoms with Gasteiger partial charge in [0.05, 0.1) is 11.0 Å². The predicted octanol–water partition coefficient (Wildman–Crippen LogP) is 8.64. The summed E-state index contributed by atoms with van der Waals surface area (Å²) in [6, 6.07) is 15.7.